The molecular weight excluding hydrogens is 815 g/mol. The fourth-order valence-corrected chi connectivity index (χ4v) is 10.3. The molecule has 0 saturated carbocycles. The van der Waals surface area contributed by atoms with E-state index in [1.54, 1.807) is 32.4 Å². The number of likely N-dealkylation sites (tertiary alicyclic amines) is 1. The standard InChI is InChI=1S/C50H65N5O7S/c1-9-32(4)45(54(6)49(58)44(31(2)3)53-50(59)62-30-39-37-22-15-13-20-35(37)36-21-14-16-23-38(36)39)42(60-7)29-43(56)55-26-17-24-41(55)46(61-8)33(5)47(57)52-40(48-51-25-27-63-48)28-34-18-11-10-12-19-34/h10-16,18-23,25,27,31-33,39-42,44-46H,9,17,24,26,28-30H2,1-8H3,(H,52,57)(H,53,59)/t32-,33+,40-,41-,42-,44-,45-,46+/m0/s1. The van der Waals surface area contributed by atoms with Gasteiger partial charge in [-0.1, -0.05) is 120 Å². The van der Waals surface area contributed by atoms with Gasteiger partial charge in [0, 0.05) is 45.3 Å². The number of ether oxygens (including phenoxy) is 3. The van der Waals surface area contributed by atoms with Crippen molar-refractivity contribution < 1.29 is 33.4 Å². The van der Waals surface area contributed by atoms with Crippen molar-refractivity contribution >= 4 is 35.2 Å². The van der Waals surface area contributed by atoms with Crippen LogP contribution in [0.2, 0.25) is 0 Å². The molecule has 4 amide bonds. The third-order valence-electron chi connectivity index (χ3n) is 13.2. The van der Waals surface area contributed by atoms with Crippen LogP contribution in [0.1, 0.15) is 94.0 Å². The lowest BCUT2D eigenvalue weighted by molar-refractivity contribution is -0.147. The van der Waals surface area contributed by atoms with Gasteiger partial charge in [0.05, 0.1) is 42.7 Å². The van der Waals surface area contributed by atoms with Crippen LogP contribution in [-0.2, 0) is 35.0 Å². The van der Waals surface area contributed by atoms with Gasteiger partial charge in [0.15, 0.2) is 0 Å². The maximum atomic E-state index is 14.5. The highest BCUT2D eigenvalue weighted by Crippen LogP contribution is 2.44. The SMILES string of the molecule is CC[C@H](C)[C@@H]([C@H](CC(=O)N1CCC[C@H]1[C@H](OC)[C@@H](C)C(=O)N[C@@H](Cc1ccccc1)c1nccs1)OC)N(C)C(=O)[C@@H](NC(=O)OCC1c2ccccc2-c2ccccc21)C(C)C. The molecule has 1 fully saturated rings. The van der Waals surface area contributed by atoms with Crippen molar-refractivity contribution in [3.63, 3.8) is 0 Å². The lowest BCUT2D eigenvalue weighted by Gasteiger charge is -2.40. The molecule has 1 aliphatic carbocycles. The Morgan fingerprint density at radius 3 is 2.13 bits per heavy atom. The van der Waals surface area contributed by atoms with Gasteiger partial charge < -0.3 is 34.6 Å². The molecule has 63 heavy (non-hydrogen) atoms. The topological polar surface area (TPSA) is 139 Å². The van der Waals surface area contributed by atoms with Crippen molar-refractivity contribution in [2.24, 2.45) is 17.8 Å². The second kappa shape index (κ2) is 22.0. The summed E-state index contributed by atoms with van der Waals surface area (Å²) in [6.07, 6.45) is 2.65. The number of likely N-dealkylation sites (N-methyl/N-ethyl adjacent to an activating group) is 1. The van der Waals surface area contributed by atoms with E-state index in [-0.39, 0.29) is 60.6 Å². The van der Waals surface area contributed by atoms with Crippen molar-refractivity contribution in [2.75, 3.05) is 34.4 Å². The van der Waals surface area contributed by atoms with E-state index < -0.39 is 36.3 Å². The number of alkyl carbamates (subject to hydrolysis) is 1. The monoisotopic (exact) mass is 879 g/mol. The predicted octanol–water partition coefficient (Wildman–Crippen LogP) is 8.03. The normalized spacial score (nSPS) is 18.0. The number of thiazole rings is 1. The van der Waals surface area contributed by atoms with E-state index in [0.29, 0.717) is 19.4 Å². The Hall–Kier alpha value is -5.11. The summed E-state index contributed by atoms with van der Waals surface area (Å²) >= 11 is 1.50. The highest BCUT2D eigenvalue weighted by Gasteiger charge is 2.43. The number of aromatic nitrogens is 1. The molecule has 1 aliphatic heterocycles. The van der Waals surface area contributed by atoms with E-state index in [1.807, 2.05) is 99.5 Å². The maximum absolute atomic E-state index is 14.5. The second-order valence-electron chi connectivity index (χ2n) is 17.4. The lowest BCUT2D eigenvalue weighted by atomic mass is 9.89. The van der Waals surface area contributed by atoms with E-state index in [1.165, 1.54) is 11.3 Å². The molecule has 13 heteroatoms. The van der Waals surface area contributed by atoms with Crippen LogP contribution in [0.15, 0.2) is 90.4 Å². The van der Waals surface area contributed by atoms with Gasteiger partial charge in [-0.25, -0.2) is 9.78 Å². The third kappa shape index (κ3) is 11.0. The maximum Gasteiger partial charge on any atom is 0.407 e. The minimum Gasteiger partial charge on any atom is -0.449 e. The van der Waals surface area contributed by atoms with Gasteiger partial charge in [0.25, 0.3) is 0 Å². The molecule has 0 unspecified atom stereocenters. The number of amides is 4. The Bertz CT molecular complexity index is 2090. The minimum absolute atomic E-state index is 0.0198. The Balaban J connectivity index is 1.11. The predicted molar refractivity (Wildman–Crippen MR) is 246 cm³/mol. The Morgan fingerprint density at radius 2 is 1.54 bits per heavy atom. The highest BCUT2D eigenvalue weighted by molar-refractivity contribution is 7.09. The average Bonchev–Trinajstić information content (AvgIpc) is 4.08. The van der Waals surface area contributed by atoms with Crippen molar-refractivity contribution in [2.45, 2.75) is 109 Å². The molecule has 8 atom stereocenters. The molecule has 4 aromatic rings. The first-order chi connectivity index (χ1) is 30.4. The number of fused-ring (bicyclic) bond motifs is 3. The van der Waals surface area contributed by atoms with Gasteiger partial charge in [-0.2, -0.15) is 0 Å². The summed E-state index contributed by atoms with van der Waals surface area (Å²) in [6.45, 7) is 10.4. The molecule has 2 N–H and O–H groups in total. The molecule has 2 heterocycles. The summed E-state index contributed by atoms with van der Waals surface area (Å²) in [4.78, 5) is 64.3. The van der Waals surface area contributed by atoms with E-state index in [9.17, 15) is 19.2 Å². The van der Waals surface area contributed by atoms with Crippen LogP contribution in [-0.4, -0.2) is 103 Å². The summed E-state index contributed by atoms with van der Waals surface area (Å²) in [6, 6.07) is 24.3. The number of hydrogen-bond acceptors (Lipinski definition) is 9. The van der Waals surface area contributed by atoms with Gasteiger partial charge >= 0.3 is 6.09 Å². The molecule has 6 rings (SSSR count). The summed E-state index contributed by atoms with van der Waals surface area (Å²) in [5.41, 5.74) is 5.56. The zero-order valence-electron chi connectivity index (χ0n) is 38.0. The largest absolute Gasteiger partial charge is 0.449 e. The van der Waals surface area contributed by atoms with Crippen molar-refractivity contribution in [1.29, 1.82) is 0 Å². The van der Waals surface area contributed by atoms with Crippen LogP contribution >= 0.6 is 11.3 Å². The van der Waals surface area contributed by atoms with Gasteiger partial charge in [-0.05, 0) is 58.9 Å². The second-order valence-corrected chi connectivity index (χ2v) is 18.3. The van der Waals surface area contributed by atoms with E-state index in [2.05, 4.69) is 39.9 Å². The molecule has 1 aromatic heterocycles. The zero-order valence-corrected chi connectivity index (χ0v) is 38.8. The molecule has 0 radical (unpaired) electrons. The van der Waals surface area contributed by atoms with Gasteiger partial charge in [-0.3, -0.25) is 14.4 Å². The van der Waals surface area contributed by atoms with Crippen LogP contribution in [0.25, 0.3) is 11.1 Å². The van der Waals surface area contributed by atoms with Crippen LogP contribution < -0.4 is 10.6 Å². The smallest absolute Gasteiger partial charge is 0.407 e. The molecule has 338 valence electrons. The Labute approximate surface area is 377 Å². The first-order valence-corrected chi connectivity index (χ1v) is 23.2. The van der Waals surface area contributed by atoms with Gasteiger partial charge in [-0.15, -0.1) is 11.3 Å². The number of benzene rings is 3. The molecule has 0 spiro atoms. The lowest BCUT2D eigenvalue weighted by Crippen LogP contribution is -2.58. The minimum atomic E-state index is -0.883. The van der Waals surface area contributed by atoms with Crippen LogP contribution in [0.5, 0.6) is 0 Å². The number of carbonyl (C=O) groups excluding carboxylic acids is 4. The Morgan fingerprint density at radius 1 is 0.889 bits per heavy atom. The first-order valence-electron chi connectivity index (χ1n) is 22.3. The fourth-order valence-electron chi connectivity index (χ4n) is 9.57. The number of nitrogens with zero attached hydrogens (tertiary/aromatic N) is 3. The fraction of sp³-hybridized carbons (Fsp3) is 0.500. The van der Waals surface area contributed by atoms with Crippen molar-refractivity contribution in [1.82, 2.24) is 25.4 Å². The zero-order chi connectivity index (χ0) is 45.2. The van der Waals surface area contributed by atoms with Crippen LogP contribution in [0.3, 0.4) is 0 Å². The summed E-state index contributed by atoms with van der Waals surface area (Å²) in [7, 11) is 4.89. The molecular formula is C50H65N5O7S. The van der Waals surface area contributed by atoms with E-state index in [4.69, 9.17) is 14.2 Å². The summed E-state index contributed by atoms with van der Waals surface area (Å²) < 4.78 is 18.0. The van der Waals surface area contributed by atoms with Crippen molar-refractivity contribution in [3.8, 4) is 11.1 Å². The van der Waals surface area contributed by atoms with E-state index in [0.717, 1.165) is 45.7 Å². The van der Waals surface area contributed by atoms with Crippen LogP contribution in [0, 0.1) is 17.8 Å². The third-order valence-corrected chi connectivity index (χ3v) is 14.0. The van der Waals surface area contributed by atoms with Gasteiger partial charge in [0.1, 0.15) is 17.7 Å². The first kappa shape index (κ1) is 47.4. The number of nitrogens with one attached hydrogen (secondary N) is 2. The number of carbonyl (C=O) groups is 4. The highest BCUT2D eigenvalue weighted by atomic mass is 32.1. The van der Waals surface area contributed by atoms with Crippen LogP contribution in [0.4, 0.5) is 4.79 Å². The quantitative estimate of drug-likeness (QED) is 0.0911. The summed E-state index contributed by atoms with van der Waals surface area (Å²) in [5, 5.41) is 8.85. The molecule has 3 aromatic carbocycles. The number of methoxy groups -OCH3 is 2. The van der Waals surface area contributed by atoms with E-state index >= 15 is 0 Å². The summed E-state index contributed by atoms with van der Waals surface area (Å²) in [5.74, 6) is -1.59. The molecule has 12 nitrogen and oxygen atoms in total. The molecule has 0 bridgehead atoms. The molecule has 1 saturated heterocycles. The number of hydrogen-bond donors (Lipinski definition) is 2. The average molecular weight is 880 g/mol. The van der Waals surface area contributed by atoms with Gasteiger partial charge in [0.2, 0.25) is 17.7 Å². The Kier molecular flexibility index (Phi) is 16.5. The van der Waals surface area contributed by atoms with Crippen molar-refractivity contribution in [3.05, 3.63) is 112 Å². The number of rotatable bonds is 20. The molecule has 2 aliphatic rings.